The summed E-state index contributed by atoms with van der Waals surface area (Å²) in [7, 11) is 0. The van der Waals surface area contributed by atoms with Gasteiger partial charge in [0.25, 0.3) is 5.91 Å². The Kier molecular flexibility index (Phi) is 4.82. The van der Waals surface area contributed by atoms with Crippen LogP contribution in [-0.2, 0) is 17.8 Å². The standard InChI is InChI=1S/C18H24N6O3S/c1-3-13-22-14(27-23-13)8-20-16(26)18(4-2)7-10-5-6-12(18)24(10)15(25)11-9-28-17(19)21-11/h9-10,12H,3-8H2,1-2H3,(H2,19,21)(H,20,26)/t10-,12+,18+/m1/s1. The molecule has 3 atom stereocenters. The van der Waals surface area contributed by atoms with E-state index < -0.39 is 5.41 Å². The fraction of sp³-hybridized carbons (Fsp3) is 0.611. The molecule has 2 fully saturated rings. The van der Waals surface area contributed by atoms with Gasteiger partial charge in [0, 0.05) is 23.9 Å². The number of carbonyl (C=O) groups is 2. The number of rotatable bonds is 6. The monoisotopic (exact) mass is 404 g/mol. The largest absolute Gasteiger partial charge is 0.375 e. The summed E-state index contributed by atoms with van der Waals surface area (Å²) in [5.74, 6) is 0.821. The molecule has 0 aromatic carbocycles. The summed E-state index contributed by atoms with van der Waals surface area (Å²) in [5.41, 5.74) is 5.45. The summed E-state index contributed by atoms with van der Waals surface area (Å²) in [4.78, 5) is 36.4. The third kappa shape index (κ3) is 2.95. The first-order valence-corrected chi connectivity index (χ1v) is 10.5. The second-order valence-electron chi connectivity index (χ2n) is 7.38. The first kappa shape index (κ1) is 18.9. The van der Waals surface area contributed by atoms with Crippen molar-refractivity contribution in [1.82, 2.24) is 25.3 Å². The Morgan fingerprint density at radius 2 is 2.21 bits per heavy atom. The number of nitrogens with zero attached hydrogens (tertiary/aromatic N) is 4. The van der Waals surface area contributed by atoms with Gasteiger partial charge in [-0.2, -0.15) is 4.98 Å². The molecule has 0 unspecified atom stereocenters. The van der Waals surface area contributed by atoms with Crippen molar-refractivity contribution < 1.29 is 14.1 Å². The molecule has 2 bridgehead atoms. The van der Waals surface area contributed by atoms with Crippen LogP contribution < -0.4 is 11.1 Å². The molecule has 2 aromatic rings. The van der Waals surface area contributed by atoms with Gasteiger partial charge in [-0.05, 0) is 25.7 Å². The highest BCUT2D eigenvalue weighted by Gasteiger charge is 2.60. The number of fused-ring (bicyclic) bond motifs is 2. The quantitative estimate of drug-likeness (QED) is 0.751. The van der Waals surface area contributed by atoms with Gasteiger partial charge in [-0.15, -0.1) is 11.3 Å². The third-order valence-corrected chi connectivity index (χ3v) is 6.70. The molecule has 0 radical (unpaired) electrons. The van der Waals surface area contributed by atoms with E-state index in [0.29, 0.717) is 41.8 Å². The Bertz CT molecular complexity index is 896. The predicted octanol–water partition coefficient (Wildman–Crippen LogP) is 1.76. The lowest BCUT2D eigenvalue weighted by molar-refractivity contribution is -0.133. The topological polar surface area (TPSA) is 127 Å². The number of hydrogen-bond acceptors (Lipinski definition) is 8. The molecule has 4 heterocycles. The van der Waals surface area contributed by atoms with Crippen molar-refractivity contribution in [3.8, 4) is 0 Å². The molecule has 28 heavy (non-hydrogen) atoms. The van der Waals surface area contributed by atoms with E-state index in [0.717, 1.165) is 12.8 Å². The Balaban J connectivity index is 1.50. The van der Waals surface area contributed by atoms with Gasteiger partial charge in [0.05, 0.1) is 12.0 Å². The van der Waals surface area contributed by atoms with Crippen LogP contribution in [0.2, 0.25) is 0 Å². The van der Waals surface area contributed by atoms with Crippen molar-refractivity contribution in [3.05, 3.63) is 22.8 Å². The molecule has 2 aliphatic rings. The minimum atomic E-state index is -0.603. The number of nitrogen functional groups attached to an aromatic ring is 1. The summed E-state index contributed by atoms with van der Waals surface area (Å²) >= 11 is 1.25. The van der Waals surface area contributed by atoms with E-state index in [1.807, 2.05) is 18.7 Å². The van der Waals surface area contributed by atoms with Gasteiger partial charge >= 0.3 is 0 Å². The molecular weight excluding hydrogens is 380 g/mol. The first-order valence-electron chi connectivity index (χ1n) is 9.62. The molecular formula is C18H24N6O3S. The van der Waals surface area contributed by atoms with Crippen LogP contribution >= 0.6 is 11.3 Å². The SMILES string of the molecule is CCc1noc(CNC(=O)[C@@]2(CC)C[C@H]3CC[C@@H]2N3C(=O)c2csc(N)n2)n1. The molecule has 3 N–H and O–H groups in total. The predicted molar refractivity (Wildman–Crippen MR) is 102 cm³/mol. The average Bonchev–Trinajstić information content (AvgIpc) is 3.48. The van der Waals surface area contributed by atoms with Gasteiger partial charge in [-0.25, -0.2) is 4.98 Å². The number of anilines is 1. The molecule has 10 heteroatoms. The van der Waals surface area contributed by atoms with Gasteiger partial charge < -0.3 is 20.5 Å². The van der Waals surface area contributed by atoms with E-state index in [-0.39, 0.29) is 30.4 Å². The highest BCUT2D eigenvalue weighted by Crippen LogP contribution is 2.52. The van der Waals surface area contributed by atoms with Crippen LogP contribution in [0.15, 0.2) is 9.90 Å². The molecule has 2 aromatic heterocycles. The normalized spacial score (nSPS) is 26.0. The molecule has 2 aliphatic heterocycles. The van der Waals surface area contributed by atoms with Gasteiger partial charge in [0.15, 0.2) is 11.0 Å². The van der Waals surface area contributed by atoms with Gasteiger partial charge in [0.1, 0.15) is 5.69 Å². The van der Waals surface area contributed by atoms with Crippen molar-refractivity contribution in [2.75, 3.05) is 5.73 Å². The minimum absolute atomic E-state index is 0.0567. The third-order valence-electron chi connectivity index (χ3n) is 6.03. The molecule has 0 aliphatic carbocycles. The number of amides is 2. The van der Waals surface area contributed by atoms with Crippen LogP contribution in [0, 0.1) is 5.41 Å². The Hall–Kier alpha value is -2.49. The van der Waals surface area contributed by atoms with Crippen molar-refractivity contribution in [1.29, 1.82) is 0 Å². The number of thiazole rings is 1. The Morgan fingerprint density at radius 1 is 1.39 bits per heavy atom. The number of carbonyl (C=O) groups excluding carboxylic acids is 2. The van der Waals surface area contributed by atoms with E-state index in [2.05, 4.69) is 20.4 Å². The van der Waals surface area contributed by atoms with E-state index in [1.54, 1.807) is 5.38 Å². The van der Waals surface area contributed by atoms with Gasteiger partial charge in [-0.1, -0.05) is 19.0 Å². The first-order chi connectivity index (χ1) is 13.5. The maximum absolute atomic E-state index is 13.2. The van der Waals surface area contributed by atoms with E-state index >= 15 is 0 Å². The van der Waals surface area contributed by atoms with Crippen LogP contribution in [0.1, 0.15) is 61.7 Å². The molecule has 2 amide bonds. The zero-order valence-electron chi connectivity index (χ0n) is 16.0. The second-order valence-corrected chi connectivity index (χ2v) is 8.27. The number of nitrogens with one attached hydrogen (secondary N) is 1. The minimum Gasteiger partial charge on any atom is -0.375 e. The van der Waals surface area contributed by atoms with E-state index in [1.165, 1.54) is 11.3 Å². The number of aromatic nitrogens is 3. The zero-order valence-corrected chi connectivity index (χ0v) is 16.8. The molecule has 9 nitrogen and oxygen atoms in total. The van der Waals surface area contributed by atoms with Gasteiger partial charge in [-0.3, -0.25) is 9.59 Å². The molecule has 150 valence electrons. The van der Waals surface area contributed by atoms with Gasteiger partial charge in [0.2, 0.25) is 11.8 Å². The highest BCUT2D eigenvalue weighted by atomic mass is 32.1. The summed E-state index contributed by atoms with van der Waals surface area (Å²) in [6.45, 7) is 4.14. The van der Waals surface area contributed by atoms with Crippen molar-refractivity contribution in [2.45, 2.75) is 64.6 Å². The Labute approximate surface area is 166 Å². The van der Waals surface area contributed by atoms with Crippen LogP contribution in [0.4, 0.5) is 5.13 Å². The van der Waals surface area contributed by atoms with Crippen LogP contribution in [-0.4, -0.2) is 43.9 Å². The summed E-state index contributed by atoms with van der Waals surface area (Å²) in [6.07, 6.45) is 3.73. The molecule has 2 saturated heterocycles. The second kappa shape index (κ2) is 7.16. The van der Waals surface area contributed by atoms with Crippen LogP contribution in [0.5, 0.6) is 0 Å². The zero-order chi connectivity index (χ0) is 19.9. The maximum atomic E-state index is 13.2. The lowest BCUT2D eigenvalue weighted by Gasteiger charge is -2.35. The molecule has 0 saturated carbocycles. The molecule has 0 spiro atoms. The van der Waals surface area contributed by atoms with Crippen LogP contribution in [0.25, 0.3) is 0 Å². The van der Waals surface area contributed by atoms with E-state index in [4.69, 9.17) is 10.3 Å². The maximum Gasteiger partial charge on any atom is 0.273 e. The van der Waals surface area contributed by atoms with Crippen LogP contribution in [0.3, 0.4) is 0 Å². The fourth-order valence-electron chi connectivity index (χ4n) is 4.63. The smallest absolute Gasteiger partial charge is 0.273 e. The summed E-state index contributed by atoms with van der Waals surface area (Å²) in [5, 5.41) is 8.86. The van der Waals surface area contributed by atoms with Crippen molar-refractivity contribution in [2.24, 2.45) is 5.41 Å². The summed E-state index contributed by atoms with van der Waals surface area (Å²) in [6, 6.07) is -0.0759. The van der Waals surface area contributed by atoms with Crippen molar-refractivity contribution in [3.63, 3.8) is 0 Å². The molecule has 4 rings (SSSR count). The highest BCUT2D eigenvalue weighted by molar-refractivity contribution is 7.13. The average molecular weight is 404 g/mol. The lowest BCUT2D eigenvalue weighted by Crippen LogP contribution is -2.49. The number of hydrogen-bond donors (Lipinski definition) is 2. The fourth-order valence-corrected chi connectivity index (χ4v) is 5.17. The number of nitrogens with two attached hydrogens (primary N) is 1. The number of aryl methyl sites for hydroxylation is 1. The van der Waals surface area contributed by atoms with E-state index in [9.17, 15) is 9.59 Å². The lowest BCUT2D eigenvalue weighted by atomic mass is 9.71. The Morgan fingerprint density at radius 3 is 2.86 bits per heavy atom. The summed E-state index contributed by atoms with van der Waals surface area (Å²) < 4.78 is 5.16. The van der Waals surface area contributed by atoms with Crippen molar-refractivity contribution >= 4 is 28.3 Å².